The molecule has 1 amide bonds. The average molecular weight is 291 g/mol. The lowest BCUT2D eigenvalue weighted by atomic mass is 9.86. The number of carbonyl (C=O) groups is 1. The van der Waals surface area contributed by atoms with E-state index in [2.05, 4.69) is 15.5 Å². The first-order valence-corrected chi connectivity index (χ1v) is 6.89. The molecular formula is C11H19ClN4OS. The summed E-state index contributed by atoms with van der Waals surface area (Å²) in [5.41, 5.74) is 5.88. The molecule has 1 fully saturated rings. The molecule has 7 heteroatoms. The summed E-state index contributed by atoms with van der Waals surface area (Å²) in [4.78, 5) is 12.0. The number of carbonyl (C=O) groups excluding carboxylic acids is 1. The summed E-state index contributed by atoms with van der Waals surface area (Å²) in [6.07, 6.45) is 4.63. The Morgan fingerprint density at radius 2 is 2.28 bits per heavy atom. The maximum absolute atomic E-state index is 12.0. The fraction of sp³-hybridized carbons (Fsp3) is 0.727. The minimum absolute atomic E-state index is 0. The van der Waals surface area contributed by atoms with Crippen LogP contribution in [0.2, 0.25) is 0 Å². The van der Waals surface area contributed by atoms with Crippen LogP contribution in [0.3, 0.4) is 0 Å². The van der Waals surface area contributed by atoms with Crippen LogP contribution in [-0.4, -0.2) is 22.1 Å². The Bertz CT molecular complexity index is 398. The van der Waals surface area contributed by atoms with E-state index in [0.717, 1.165) is 37.1 Å². The maximum Gasteiger partial charge on any atom is 0.229 e. The molecule has 2 unspecified atom stereocenters. The summed E-state index contributed by atoms with van der Waals surface area (Å²) in [7, 11) is 0. The van der Waals surface area contributed by atoms with Crippen LogP contribution in [0, 0.1) is 5.92 Å². The van der Waals surface area contributed by atoms with Crippen LogP contribution in [0.5, 0.6) is 0 Å². The van der Waals surface area contributed by atoms with Crippen molar-refractivity contribution >= 4 is 34.8 Å². The highest BCUT2D eigenvalue weighted by atomic mass is 35.5. The van der Waals surface area contributed by atoms with Crippen molar-refractivity contribution in [3.8, 4) is 0 Å². The molecule has 2 rings (SSSR count). The van der Waals surface area contributed by atoms with Crippen molar-refractivity contribution in [1.82, 2.24) is 10.2 Å². The number of aromatic nitrogens is 2. The molecule has 0 aromatic carbocycles. The third-order valence-corrected chi connectivity index (χ3v) is 4.07. The number of nitrogens with one attached hydrogen (secondary N) is 1. The van der Waals surface area contributed by atoms with Crippen LogP contribution in [-0.2, 0) is 11.2 Å². The Morgan fingerprint density at radius 1 is 1.50 bits per heavy atom. The zero-order chi connectivity index (χ0) is 12.3. The molecule has 0 spiro atoms. The molecule has 3 N–H and O–H groups in total. The van der Waals surface area contributed by atoms with Crippen LogP contribution >= 0.6 is 23.7 Å². The van der Waals surface area contributed by atoms with Crippen molar-refractivity contribution in [1.29, 1.82) is 0 Å². The number of aryl methyl sites for hydroxylation is 1. The average Bonchev–Trinajstić information content (AvgIpc) is 2.77. The second kappa shape index (κ2) is 7.01. The molecule has 0 radical (unpaired) electrons. The number of nitrogens with two attached hydrogens (primary N) is 1. The van der Waals surface area contributed by atoms with Gasteiger partial charge in [-0.25, -0.2) is 0 Å². The highest BCUT2D eigenvalue weighted by Gasteiger charge is 2.25. The van der Waals surface area contributed by atoms with Gasteiger partial charge in [0, 0.05) is 12.0 Å². The number of hydrogen-bond donors (Lipinski definition) is 2. The van der Waals surface area contributed by atoms with E-state index >= 15 is 0 Å². The summed E-state index contributed by atoms with van der Waals surface area (Å²) in [5.74, 6) is 0.0756. The van der Waals surface area contributed by atoms with Gasteiger partial charge in [-0.05, 0) is 25.7 Å². The molecule has 5 nitrogen and oxygen atoms in total. The largest absolute Gasteiger partial charge is 0.328 e. The molecule has 1 aromatic heterocycles. The van der Waals surface area contributed by atoms with Gasteiger partial charge in [0.05, 0.1) is 0 Å². The minimum atomic E-state index is 0. The van der Waals surface area contributed by atoms with Gasteiger partial charge in [-0.2, -0.15) is 0 Å². The molecular weight excluding hydrogens is 272 g/mol. The molecule has 102 valence electrons. The van der Waals surface area contributed by atoms with Crippen LogP contribution in [0.15, 0.2) is 0 Å². The molecule has 1 aliphatic carbocycles. The fourth-order valence-corrected chi connectivity index (χ4v) is 2.80. The molecule has 1 saturated carbocycles. The van der Waals surface area contributed by atoms with E-state index in [1.807, 2.05) is 6.92 Å². The van der Waals surface area contributed by atoms with E-state index in [1.54, 1.807) is 0 Å². The van der Waals surface area contributed by atoms with Gasteiger partial charge in [-0.1, -0.05) is 24.7 Å². The van der Waals surface area contributed by atoms with Crippen molar-refractivity contribution in [2.75, 3.05) is 5.32 Å². The second-order valence-corrected chi connectivity index (χ2v) is 5.53. The van der Waals surface area contributed by atoms with Crippen LogP contribution < -0.4 is 11.1 Å². The lowest BCUT2D eigenvalue weighted by Crippen LogP contribution is -2.34. The van der Waals surface area contributed by atoms with E-state index in [-0.39, 0.29) is 30.3 Å². The number of hydrogen-bond acceptors (Lipinski definition) is 5. The van der Waals surface area contributed by atoms with Gasteiger partial charge in [-0.15, -0.1) is 22.6 Å². The predicted molar refractivity (Wildman–Crippen MR) is 75.1 cm³/mol. The zero-order valence-electron chi connectivity index (χ0n) is 10.4. The van der Waals surface area contributed by atoms with Gasteiger partial charge < -0.3 is 11.1 Å². The maximum atomic E-state index is 12.0. The Balaban J connectivity index is 0.00000162. The summed E-state index contributed by atoms with van der Waals surface area (Å²) in [6.45, 7) is 2.02. The highest BCUT2D eigenvalue weighted by Crippen LogP contribution is 2.25. The van der Waals surface area contributed by atoms with Crippen LogP contribution in [0.4, 0.5) is 5.13 Å². The SMILES string of the molecule is CCc1nnc(NC(=O)C2CCCC(N)C2)s1.Cl. The summed E-state index contributed by atoms with van der Waals surface area (Å²) < 4.78 is 0. The van der Waals surface area contributed by atoms with Gasteiger partial charge in [0.1, 0.15) is 5.01 Å². The normalized spacial score (nSPS) is 23.2. The smallest absolute Gasteiger partial charge is 0.229 e. The molecule has 0 bridgehead atoms. The predicted octanol–water partition coefficient (Wildman–Crippen LogP) is 1.98. The first-order valence-electron chi connectivity index (χ1n) is 6.08. The lowest BCUT2D eigenvalue weighted by molar-refractivity contribution is -0.120. The molecule has 1 aliphatic rings. The highest BCUT2D eigenvalue weighted by molar-refractivity contribution is 7.15. The topological polar surface area (TPSA) is 80.9 Å². The van der Waals surface area contributed by atoms with Gasteiger partial charge in [-0.3, -0.25) is 4.79 Å². The molecule has 2 atom stereocenters. The third kappa shape index (κ3) is 3.90. The quantitative estimate of drug-likeness (QED) is 0.892. The van der Waals surface area contributed by atoms with E-state index < -0.39 is 0 Å². The van der Waals surface area contributed by atoms with E-state index in [4.69, 9.17) is 5.73 Å². The fourth-order valence-electron chi connectivity index (χ4n) is 2.12. The van der Waals surface area contributed by atoms with E-state index in [9.17, 15) is 4.79 Å². The minimum Gasteiger partial charge on any atom is -0.328 e. The van der Waals surface area contributed by atoms with Crippen molar-refractivity contribution in [3.63, 3.8) is 0 Å². The standard InChI is InChI=1S/C11H18N4OS.ClH/c1-2-9-14-15-11(17-9)13-10(16)7-4-3-5-8(12)6-7;/h7-8H,2-6,12H2,1H3,(H,13,15,16);1H. The monoisotopic (exact) mass is 290 g/mol. The number of nitrogens with zero attached hydrogens (tertiary/aromatic N) is 2. The zero-order valence-corrected chi connectivity index (χ0v) is 12.0. The molecule has 0 saturated heterocycles. The van der Waals surface area contributed by atoms with Gasteiger partial charge >= 0.3 is 0 Å². The summed E-state index contributed by atoms with van der Waals surface area (Å²) >= 11 is 1.44. The molecule has 0 aliphatic heterocycles. The van der Waals surface area contributed by atoms with Crippen LogP contribution in [0.25, 0.3) is 0 Å². The Kier molecular flexibility index (Phi) is 5.98. The van der Waals surface area contributed by atoms with Crippen molar-refractivity contribution in [3.05, 3.63) is 5.01 Å². The third-order valence-electron chi connectivity index (χ3n) is 3.08. The van der Waals surface area contributed by atoms with Crippen molar-refractivity contribution < 1.29 is 4.79 Å². The number of amides is 1. The van der Waals surface area contributed by atoms with Crippen molar-refractivity contribution in [2.45, 2.75) is 45.1 Å². The summed E-state index contributed by atoms with van der Waals surface area (Å²) in [5, 5.41) is 12.3. The molecule has 1 aromatic rings. The Morgan fingerprint density at radius 3 is 2.89 bits per heavy atom. The molecule has 1 heterocycles. The van der Waals surface area contributed by atoms with Gasteiger partial charge in [0.15, 0.2) is 0 Å². The van der Waals surface area contributed by atoms with Crippen LogP contribution in [0.1, 0.15) is 37.6 Å². The first kappa shape index (κ1) is 15.3. The first-order chi connectivity index (χ1) is 8.19. The summed E-state index contributed by atoms with van der Waals surface area (Å²) in [6, 6.07) is 0.167. The number of rotatable bonds is 3. The van der Waals surface area contributed by atoms with E-state index in [0.29, 0.717) is 5.13 Å². The van der Waals surface area contributed by atoms with E-state index in [1.165, 1.54) is 11.3 Å². The molecule has 18 heavy (non-hydrogen) atoms. The lowest BCUT2D eigenvalue weighted by Gasteiger charge is -2.25. The number of halogens is 1. The Hall–Kier alpha value is -0.720. The Labute approximate surface area is 117 Å². The van der Waals surface area contributed by atoms with Gasteiger partial charge in [0.2, 0.25) is 11.0 Å². The number of anilines is 1. The van der Waals surface area contributed by atoms with Gasteiger partial charge in [0.25, 0.3) is 0 Å². The second-order valence-electron chi connectivity index (χ2n) is 4.47. The van der Waals surface area contributed by atoms with Crippen molar-refractivity contribution in [2.24, 2.45) is 11.7 Å².